The van der Waals surface area contributed by atoms with Crippen LogP contribution in [0.2, 0.25) is 0 Å². The Morgan fingerprint density at radius 2 is 2.11 bits per heavy atom. The van der Waals surface area contributed by atoms with Crippen molar-refractivity contribution in [1.82, 2.24) is 4.31 Å². The molecule has 1 aliphatic rings. The van der Waals surface area contributed by atoms with Crippen molar-refractivity contribution in [3.8, 4) is 0 Å². The summed E-state index contributed by atoms with van der Waals surface area (Å²) >= 11 is 9.13. The van der Waals surface area contributed by atoms with Crippen LogP contribution < -0.4 is 0 Å². The minimum atomic E-state index is -3.44. The molecule has 2 rings (SSSR count). The second kappa shape index (κ2) is 6.12. The van der Waals surface area contributed by atoms with Gasteiger partial charge in [-0.15, -0.1) is 11.6 Å². The SMILES string of the molecule is CCCN(C1CC1)S(=O)(=O)c1cc(CCl)ccc1Br. The summed E-state index contributed by atoms with van der Waals surface area (Å²) in [5.41, 5.74) is 0.815. The largest absolute Gasteiger partial charge is 0.244 e. The number of rotatable bonds is 6. The molecule has 106 valence electrons. The van der Waals surface area contributed by atoms with Gasteiger partial charge in [-0.3, -0.25) is 0 Å². The van der Waals surface area contributed by atoms with Gasteiger partial charge < -0.3 is 0 Å². The summed E-state index contributed by atoms with van der Waals surface area (Å²) in [6.07, 6.45) is 2.75. The Hall–Kier alpha value is -0.100. The Labute approximate surface area is 128 Å². The number of hydrogen-bond acceptors (Lipinski definition) is 2. The van der Waals surface area contributed by atoms with E-state index in [1.54, 1.807) is 16.4 Å². The van der Waals surface area contributed by atoms with E-state index in [1.807, 2.05) is 13.0 Å². The van der Waals surface area contributed by atoms with Crippen molar-refractivity contribution in [2.24, 2.45) is 0 Å². The van der Waals surface area contributed by atoms with Crippen LogP contribution in [0.3, 0.4) is 0 Å². The molecule has 1 aromatic carbocycles. The molecule has 0 saturated heterocycles. The fourth-order valence-electron chi connectivity index (χ4n) is 2.04. The first kappa shape index (κ1) is 15.3. The molecule has 1 aliphatic carbocycles. The van der Waals surface area contributed by atoms with Crippen molar-refractivity contribution in [1.29, 1.82) is 0 Å². The smallest absolute Gasteiger partial charge is 0.207 e. The van der Waals surface area contributed by atoms with Gasteiger partial charge in [0.05, 0.1) is 4.90 Å². The predicted molar refractivity (Wildman–Crippen MR) is 80.9 cm³/mol. The van der Waals surface area contributed by atoms with Crippen LogP contribution in [0.5, 0.6) is 0 Å². The van der Waals surface area contributed by atoms with E-state index in [1.165, 1.54) is 0 Å². The highest BCUT2D eigenvalue weighted by Gasteiger charge is 2.38. The third-order valence-electron chi connectivity index (χ3n) is 3.13. The van der Waals surface area contributed by atoms with Crippen LogP contribution in [-0.2, 0) is 15.9 Å². The molecular weight excluding hydrogens is 350 g/mol. The van der Waals surface area contributed by atoms with Gasteiger partial charge in [-0.2, -0.15) is 4.31 Å². The molecule has 0 aliphatic heterocycles. The minimum absolute atomic E-state index is 0.177. The lowest BCUT2D eigenvalue weighted by Crippen LogP contribution is -2.34. The van der Waals surface area contributed by atoms with Crippen LogP contribution in [0.25, 0.3) is 0 Å². The molecule has 0 bridgehead atoms. The third-order valence-corrected chi connectivity index (χ3v) is 6.39. The molecule has 1 aromatic rings. The fourth-order valence-corrected chi connectivity index (χ4v) is 4.96. The summed E-state index contributed by atoms with van der Waals surface area (Å²) in [7, 11) is -3.44. The molecule has 0 amide bonds. The Morgan fingerprint density at radius 1 is 1.42 bits per heavy atom. The third kappa shape index (κ3) is 3.32. The minimum Gasteiger partial charge on any atom is -0.207 e. The van der Waals surface area contributed by atoms with E-state index in [2.05, 4.69) is 15.9 Å². The molecule has 19 heavy (non-hydrogen) atoms. The van der Waals surface area contributed by atoms with Crippen LogP contribution >= 0.6 is 27.5 Å². The van der Waals surface area contributed by atoms with Crippen molar-refractivity contribution in [2.45, 2.75) is 43.0 Å². The first-order valence-corrected chi connectivity index (χ1v) is 9.13. The molecule has 0 heterocycles. The molecule has 0 N–H and O–H groups in total. The maximum Gasteiger partial charge on any atom is 0.244 e. The van der Waals surface area contributed by atoms with Crippen LogP contribution in [-0.4, -0.2) is 25.3 Å². The number of hydrogen-bond donors (Lipinski definition) is 0. The molecule has 1 saturated carbocycles. The van der Waals surface area contributed by atoms with E-state index in [0.717, 1.165) is 24.8 Å². The van der Waals surface area contributed by atoms with E-state index in [0.29, 0.717) is 21.8 Å². The summed E-state index contributed by atoms with van der Waals surface area (Å²) < 4.78 is 27.7. The zero-order valence-electron chi connectivity index (χ0n) is 10.8. The van der Waals surface area contributed by atoms with Gasteiger partial charge >= 0.3 is 0 Å². The Balaban J connectivity index is 2.42. The van der Waals surface area contributed by atoms with E-state index in [4.69, 9.17) is 11.6 Å². The number of sulfonamides is 1. The standard InChI is InChI=1S/C13H17BrClNO2S/c1-2-7-16(11-4-5-11)19(17,18)13-8-10(9-15)3-6-12(13)14/h3,6,8,11H,2,4-5,7,9H2,1H3. The topological polar surface area (TPSA) is 37.4 Å². The van der Waals surface area contributed by atoms with Gasteiger partial charge in [-0.05, 0) is 52.9 Å². The van der Waals surface area contributed by atoms with Crippen molar-refractivity contribution < 1.29 is 8.42 Å². The molecule has 0 spiro atoms. The van der Waals surface area contributed by atoms with E-state index < -0.39 is 10.0 Å². The van der Waals surface area contributed by atoms with E-state index in [-0.39, 0.29) is 6.04 Å². The molecule has 6 heteroatoms. The van der Waals surface area contributed by atoms with Gasteiger partial charge in [0.2, 0.25) is 10.0 Å². The van der Waals surface area contributed by atoms with Gasteiger partial charge in [0.15, 0.2) is 0 Å². The quantitative estimate of drug-likeness (QED) is 0.719. The van der Waals surface area contributed by atoms with Crippen molar-refractivity contribution >= 4 is 37.6 Å². The molecule has 0 atom stereocenters. The molecule has 0 aromatic heterocycles. The number of halogens is 2. The number of benzene rings is 1. The monoisotopic (exact) mass is 365 g/mol. The highest BCUT2D eigenvalue weighted by Crippen LogP contribution is 2.34. The Bertz CT molecular complexity index is 558. The van der Waals surface area contributed by atoms with Crippen LogP contribution in [0.15, 0.2) is 27.6 Å². The van der Waals surface area contributed by atoms with Crippen LogP contribution in [0.1, 0.15) is 31.7 Å². The molecule has 1 fully saturated rings. The van der Waals surface area contributed by atoms with E-state index in [9.17, 15) is 8.42 Å². The highest BCUT2D eigenvalue weighted by atomic mass is 79.9. The molecular formula is C13H17BrClNO2S. The average molecular weight is 367 g/mol. The highest BCUT2D eigenvalue weighted by molar-refractivity contribution is 9.10. The lowest BCUT2D eigenvalue weighted by molar-refractivity contribution is 0.403. The maximum absolute atomic E-state index is 12.7. The average Bonchev–Trinajstić information content (AvgIpc) is 3.20. The Morgan fingerprint density at radius 3 is 2.63 bits per heavy atom. The lowest BCUT2D eigenvalue weighted by Gasteiger charge is -2.22. The van der Waals surface area contributed by atoms with Gasteiger partial charge in [-0.25, -0.2) is 8.42 Å². The van der Waals surface area contributed by atoms with E-state index >= 15 is 0 Å². The van der Waals surface area contributed by atoms with Gasteiger partial charge in [0.1, 0.15) is 0 Å². The zero-order valence-corrected chi connectivity index (χ0v) is 13.9. The van der Waals surface area contributed by atoms with Gasteiger partial charge in [0, 0.05) is 22.9 Å². The normalized spacial score (nSPS) is 16.0. The Kier molecular flexibility index (Phi) is 4.93. The second-order valence-corrected chi connectivity index (χ2v) is 7.73. The second-order valence-electron chi connectivity index (χ2n) is 4.75. The molecule has 0 unspecified atom stereocenters. The maximum atomic E-state index is 12.7. The summed E-state index contributed by atoms with van der Waals surface area (Å²) in [5.74, 6) is 0.313. The summed E-state index contributed by atoms with van der Waals surface area (Å²) in [6, 6.07) is 5.42. The summed E-state index contributed by atoms with van der Waals surface area (Å²) in [5, 5.41) is 0. The van der Waals surface area contributed by atoms with Crippen molar-refractivity contribution in [3.63, 3.8) is 0 Å². The first-order valence-electron chi connectivity index (χ1n) is 6.37. The summed E-state index contributed by atoms with van der Waals surface area (Å²) in [4.78, 5) is 0.325. The van der Waals surface area contributed by atoms with Crippen molar-refractivity contribution in [2.75, 3.05) is 6.54 Å². The van der Waals surface area contributed by atoms with Crippen LogP contribution in [0, 0.1) is 0 Å². The molecule has 3 nitrogen and oxygen atoms in total. The number of alkyl halides is 1. The summed E-state index contributed by atoms with van der Waals surface area (Å²) in [6.45, 7) is 2.57. The van der Waals surface area contributed by atoms with Crippen molar-refractivity contribution in [3.05, 3.63) is 28.2 Å². The predicted octanol–water partition coefficient (Wildman–Crippen LogP) is 3.75. The number of nitrogens with zero attached hydrogens (tertiary/aromatic N) is 1. The lowest BCUT2D eigenvalue weighted by atomic mass is 10.2. The fraction of sp³-hybridized carbons (Fsp3) is 0.538. The van der Waals surface area contributed by atoms with Gasteiger partial charge in [0.25, 0.3) is 0 Å². The molecule has 0 radical (unpaired) electrons. The zero-order chi connectivity index (χ0) is 14.0. The van der Waals surface area contributed by atoms with Gasteiger partial charge in [-0.1, -0.05) is 13.0 Å². The van der Waals surface area contributed by atoms with Crippen LogP contribution in [0.4, 0.5) is 0 Å². The first-order chi connectivity index (χ1) is 9.00.